The van der Waals surface area contributed by atoms with Crippen LogP contribution in [0.15, 0.2) is 70.9 Å². The van der Waals surface area contributed by atoms with E-state index in [9.17, 15) is 10.1 Å². The second-order valence-electron chi connectivity index (χ2n) is 7.49. The Bertz CT molecular complexity index is 1360. The van der Waals surface area contributed by atoms with Gasteiger partial charge in [0.15, 0.2) is 5.82 Å². The topological polar surface area (TPSA) is 95.4 Å². The Hall–Kier alpha value is -3.72. The monoisotopic (exact) mass is 445 g/mol. The van der Waals surface area contributed by atoms with Gasteiger partial charge in [-0.05, 0) is 46.2 Å². The van der Waals surface area contributed by atoms with Gasteiger partial charge in [0, 0.05) is 23.8 Å². The molecule has 0 bridgehead atoms. The molecule has 0 N–H and O–H groups in total. The Morgan fingerprint density at radius 1 is 1.06 bits per heavy atom. The molecular weight excluding hydrogens is 426 g/mol. The van der Waals surface area contributed by atoms with E-state index >= 15 is 0 Å². The van der Waals surface area contributed by atoms with Crippen molar-refractivity contribution in [2.75, 3.05) is 12.9 Å². The van der Waals surface area contributed by atoms with Gasteiger partial charge in [0.25, 0.3) is 5.69 Å². The number of thioether (sulfide) groups is 1. The summed E-state index contributed by atoms with van der Waals surface area (Å²) in [7, 11) is 1.66. The molecule has 0 spiro atoms. The summed E-state index contributed by atoms with van der Waals surface area (Å²) in [4.78, 5) is 10.5. The van der Waals surface area contributed by atoms with E-state index in [0.717, 1.165) is 44.3 Å². The van der Waals surface area contributed by atoms with Gasteiger partial charge in [0.2, 0.25) is 5.16 Å². The third-order valence-corrected chi connectivity index (χ3v) is 6.50. The van der Waals surface area contributed by atoms with Crippen molar-refractivity contribution in [1.82, 2.24) is 14.9 Å². The second-order valence-corrected chi connectivity index (χ2v) is 8.43. The second kappa shape index (κ2) is 8.08. The molecular formula is C23H19N5O3S. The highest BCUT2D eigenvalue weighted by atomic mass is 32.2. The third kappa shape index (κ3) is 3.60. The van der Waals surface area contributed by atoms with Crippen LogP contribution >= 0.6 is 11.8 Å². The molecule has 0 saturated carbocycles. The Labute approximate surface area is 188 Å². The van der Waals surface area contributed by atoms with Gasteiger partial charge in [-0.25, -0.2) is 0 Å². The number of hydrogen-bond donors (Lipinski definition) is 0. The molecule has 0 aliphatic carbocycles. The van der Waals surface area contributed by atoms with Crippen LogP contribution in [-0.4, -0.2) is 38.4 Å². The number of nitro benzene ring substituents is 1. The first kappa shape index (κ1) is 20.2. The summed E-state index contributed by atoms with van der Waals surface area (Å²) in [6.45, 7) is 2.09. The Kier molecular flexibility index (Phi) is 5.10. The summed E-state index contributed by atoms with van der Waals surface area (Å²) in [5, 5.41) is 27.4. The lowest BCUT2D eigenvalue weighted by molar-refractivity contribution is -0.384. The minimum atomic E-state index is -0.404. The maximum absolute atomic E-state index is 10.9. The van der Waals surface area contributed by atoms with Crippen LogP contribution in [0, 0.1) is 10.1 Å². The number of ether oxygens (including phenoxy) is 1. The molecule has 0 radical (unpaired) electrons. The van der Waals surface area contributed by atoms with E-state index in [0.29, 0.717) is 5.75 Å². The van der Waals surface area contributed by atoms with E-state index in [4.69, 9.17) is 9.84 Å². The van der Waals surface area contributed by atoms with Gasteiger partial charge in [-0.15, -0.1) is 10.2 Å². The fourth-order valence-electron chi connectivity index (χ4n) is 3.72. The summed E-state index contributed by atoms with van der Waals surface area (Å²) < 4.78 is 7.10. The first-order chi connectivity index (χ1) is 15.5. The van der Waals surface area contributed by atoms with E-state index in [1.165, 1.54) is 12.1 Å². The van der Waals surface area contributed by atoms with Crippen LogP contribution < -0.4 is 4.74 Å². The van der Waals surface area contributed by atoms with Crippen molar-refractivity contribution in [2.45, 2.75) is 18.0 Å². The van der Waals surface area contributed by atoms with Crippen molar-refractivity contribution < 1.29 is 9.66 Å². The Morgan fingerprint density at radius 2 is 1.81 bits per heavy atom. The molecule has 32 heavy (non-hydrogen) atoms. The lowest BCUT2D eigenvalue weighted by Crippen LogP contribution is -2.15. The number of hydrogen-bond acceptors (Lipinski definition) is 7. The maximum Gasteiger partial charge on any atom is 0.269 e. The summed E-state index contributed by atoms with van der Waals surface area (Å²) in [5.74, 6) is 2.18. The minimum Gasteiger partial charge on any atom is -0.497 e. The van der Waals surface area contributed by atoms with Gasteiger partial charge in [-0.2, -0.15) is 9.78 Å². The molecule has 9 heteroatoms. The largest absolute Gasteiger partial charge is 0.497 e. The number of nitro groups is 1. The van der Waals surface area contributed by atoms with Crippen LogP contribution in [0.3, 0.4) is 0 Å². The van der Waals surface area contributed by atoms with Crippen LogP contribution in [0.4, 0.5) is 5.69 Å². The van der Waals surface area contributed by atoms with Gasteiger partial charge in [0.05, 0.1) is 17.7 Å². The summed E-state index contributed by atoms with van der Waals surface area (Å²) in [5.41, 5.74) is 2.85. The summed E-state index contributed by atoms with van der Waals surface area (Å²) in [6, 6.07) is 18.8. The Morgan fingerprint density at radius 3 is 2.56 bits per heavy atom. The van der Waals surface area contributed by atoms with Gasteiger partial charge < -0.3 is 4.74 Å². The molecule has 5 rings (SSSR count). The van der Waals surface area contributed by atoms with Crippen molar-refractivity contribution >= 4 is 33.9 Å². The van der Waals surface area contributed by atoms with Gasteiger partial charge in [-0.1, -0.05) is 43.0 Å². The van der Waals surface area contributed by atoms with Crippen LogP contribution in [0.2, 0.25) is 0 Å². The van der Waals surface area contributed by atoms with Crippen molar-refractivity contribution in [1.29, 1.82) is 0 Å². The van der Waals surface area contributed by atoms with Gasteiger partial charge in [-0.3, -0.25) is 10.1 Å². The standard InChI is InChI=1S/C23H19N5O3S/c1-14(16-3-4-18-12-20(31-2)10-7-17(18)11-16)22-24-25-23-27(22)26-21(13-32-23)15-5-8-19(9-6-15)28(29)30/h3-12,14H,13H2,1-2H3. The summed E-state index contributed by atoms with van der Waals surface area (Å²) in [6.07, 6.45) is 0. The molecule has 0 amide bonds. The number of rotatable bonds is 5. The molecule has 0 fully saturated rings. The van der Waals surface area contributed by atoms with Crippen molar-refractivity contribution in [2.24, 2.45) is 5.10 Å². The molecule has 1 aliphatic heterocycles. The van der Waals surface area contributed by atoms with E-state index < -0.39 is 4.92 Å². The van der Waals surface area contributed by atoms with E-state index in [1.54, 1.807) is 35.7 Å². The highest BCUT2D eigenvalue weighted by Gasteiger charge is 2.24. The van der Waals surface area contributed by atoms with Gasteiger partial charge >= 0.3 is 0 Å². The van der Waals surface area contributed by atoms with Crippen LogP contribution in [0.5, 0.6) is 5.75 Å². The Balaban J connectivity index is 1.48. The lowest BCUT2D eigenvalue weighted by atomic mass is 9.97. The quantitative estimate of drug-likeness (QED) is 0.322. The third-order valence-electron chi connectivity index (χ3n) is 5.57. The van der Waals surface area contributed by atoms with Crippen molar-refractivity contribution in [3.8, 4) is 5.75 Å². The first-order valence-corrected chi connectivity index (χ1v) is 11.0. The smallest absolute Gasteiger partial charge is 0.269 e. The minimum absolute atomic E-state index is 0.0247. The number of fused-ring (bicyclic) bond motifs is 2. The number of aromatic nitrogens is 3. The normalized spacial score (nSPS) is 14.0. The highest BCUT2D eigenvalue weighted by molar-refractivity contribution is 7.99. The molecule has 3 aromatic carbocycles. The molecule has 0 saturated heterocycles. The molecule has 4 aromatic rings. The predicted octanol–water partition coefficient (Wildman–Crippen LogP) is 4.86. The fraction of sp³-hybridized carbons (Fsp3) is 0.174. The zero-order valence-corrected chi connectivity index (χ0v) is 18.2. The molecule has 1 aromatic heterocycles. The molecule has 2 heterocycles. The molecule has 8 nitrogen and oxygen atoms in total. The zero-order valence-electron chi connectivity index (χ0n) is 17.4. The highest BCUT2D eigenvalue weighted by Crippen LogP contribution is 2.32. The van der Waals surface area contributed by atoms with Crippen molar-refractivity contribution in [3.63, 3.8) is 0 Å². The predicted molar refractivity (Wildman–Crippen MR) is 124 cm³/mol. The molecule has 1 aliphatic rings. The maximum atomic E-state index is 10.9. The van der Waals surface area contributed by atoms with E-state index in [1.807, 2.05) is 18.2 Å². The molecule has 160 valence electrons. The first-order valence-electron chi connectivity index (χ1n) is 10.0. The fourth-order valence-corrected chi connectivity index (χ4v) is 4.56. The number of benzene rings is 3. The number of methoxy groups -OCH3 is 1. The van der Waals surface area contributed by atoms with Crippen LogP contribution in [0.1, 0.15) is 29.8 Å². The zero-order chi connectivity index (χ0) is 22.2. The average molecular weight is 446 g/mol. The molecule has 1 unspecified atom stereocenters. The molecule has 1 atom stereocenters. The van der Waals surface area contributed by atoms with Gasteiger partial charge in [0.1, 0.15) is 5.75 Å². The van der Waals surface area contributed by atoms with E-state index in [-0.39, 0.29) is 11.6 Å². The number of non-ortho nitro benzene ring substituents is 1. The lowest BCUT2D eigenvalue weighted by Gasteiger charge is -2.17. The average Bonchev–Trinajstić information content (AvgIpc) is 3.26. The SMILES string of the molecule is COc1ccc2cc(C(C)c3nnc4n3N=C(c3ccc([N+](=O)[O-])cc3)CS4)ccc2c1. The number of nitrogens with zero attached hydrogens (tertiary/aromatic N) is 5. The van der Waals surface area contributed by atoms with E-state index in [2.05, 4.69) is 35.3 Å². The van der Waals surface area contributed by atoms with Crippen LogP contribution in [0.25, 0.3) is 10.8 Å². The van der Waals surface area contributed by atoms with Crippen molar-refractivity contribution in [3.05, 3.63) is 87.7 Å². The van der Waals surface area contributed by atoms with Crippen LogP contribution in [-0.2, 0) is 0 Å². The summed E-state index contributed by atoms with van der Waals surface area (Å²) >= 11 is 1.55.